The van der Waals surface area contributed by atoms with Gasteiger partial charge in [0.2, 0.25) is 0 Å². The van der Waals surface area contributed by atoms with Crippen LogP contribution in [-0.4, -0.2) is 8.42 Å². The molecule has 0 bridgehead atoms. The molecule has 0 saturated carbocycles. The van der Waals surface area contributed by atoms with E-state index in [2.05, 4.69) is 4.72 Å². The van der Waals surface area contributed by atoms with Crippen LogP contribution >= 0.6 is 34.8 Å². The van der Waals surface area contributed by atoms with Gasteiger partial charge in [-0.25, -0.2) is 8.42 Å². The van der Waals surface area contributed by atoms with E-state index in [1.807, 2.05) is 6.92 Å². The molecule has 0 saturated heterocycles. The van der Waals surface area contributed by atoms with Crippen molar-refractivity contribution in [2.45, 2.75) is 11.8 Å². The van der Waals surface area contributed by atoms with Gasteiger partial charge in [-0.3, -0.25) is 4.72 Å². The van der Waals surface area contributed by atoms with E-state index in [1.54, 1.807) is 30.3 Å². The van der Waals surface area contributed by atoms with Gasteiger partial charge in [0.15, 0.2) is 0 Å². The number of sulfonamides is 1. The molecule has 2 rings (SSSR count). The molecule has 2 aromatic rings. The lowest BCUT2D eigenvalue weighted by molar-refractivity contribution is 0.601. The molecular formula is C13H10Cl3NO2S. The Hall–Kier alpha value is -0.940. The van der Waals surface area contributed by atoms with E-state index in [0.717, 1.165) is 5.56 Å². The van der Waals surface area contributed by atoms with Gasteiger partial charge in [-0.1, -0.05) is 46.9 Å². The molecule has 0 aromatic heterocycles. The molecule has 7 heteroatoms. The molecule has 106 valence electrons. The zero-order chi connectivity index (χ0) is 14.9. The highest BCUT2D eigenvalue weighted by Gasteiger charge is 2.20. The number of rotatable bonds is 3. The van der Waals surface area contributed by atoms with Gasteiger partial charge in [0, 0.05) is 0 Å². The quantitative estimate of drug-likeness (QED) is 0.867. The molecule has 3 nitrogen and oxygen atoms in total. The second kappa shape index (κ2) is 5.82. The van der Waals surface area contributed by atoms with Crippen LogP contribution in [0, 0.1) is 6.92 Å². The molecular weight excluding hydrogens is 341 g/mol. The van der Waals surface area contributed by atoms with Crippen LogP contribution in [0.4, 0.5) is 5.69 Å². The average molecular weight is 351 g/mol. The fourth-order valence-corrected chi connectivity index (χ4v) is 3.91. The van der Waals surface area contributed by atoms with E-state index in [0.29, 0.717) is 0 Å². The minimum atomic E-state index is -3.86. The Labute approximate surface area is 132 Å². The lowest BCUT2D eigenvalue weighted by Gasteiger charge is -2.12. The summed E-state index contributed by atoms with van der Waals surface area (Å²) < 4.78 is 27.0. The first-order valence-corrected chi connectivity index (χ1v) is 8.16. The molecule has 0 aliphatic heterocycles. The van der Waals surface area contributed by atoms with Crippen LogP contribution in [-0.2, 0) is 10.0 Å². The number of para-hydroxylation sites is 1. The topological polar surface area (TPSA) is 46.2 Å². The molecule has 0 unspecified atom stereocenters. The minimum Gasteiger partial charge on any atom is -0.277 e. The number of hydrogen-bond donors (Lipinski definition) is 1. The predicted octanol–water partition coefficient (Wildman–Crippen LogP) is 4.76. The van der Waals surface area contributed by atoms with E-state index < -0.39 is 10.0 Å². The van der Waals surface area contributed by atoms with Gasteiger partial charge in [-0.2, -0.15) is 0 Å². The normalized spacial score (nSPS) is 11.4. The average Bonchev–Trinajstić information content (AvgIpc) is 2.33. The van der Waals surface area contributed by atoms with Crippen molar-refractivity contribution in [2.24, 2.45) is 0 Å². The second-order valence-electron chi connectivity index (χ2n) is 4.14. The van der Waals surface area contributed by atoms with Crippen LogP contribution < -0.4 is 4.72 Å². The fraction of sp³-hybridized carbons (Fsp3) is 0.0769. The summed E-state index contributed by atoms with van der Waals surface area (Å²) in [7, 11) is -3.86. The van der Waals surface area contributed by atoms with Crippen LogP contribution in [0.15, 0.2) is 41.3 Å². The lowest BCUT2D eigenvalue weighted by Crippen LogP contribution is -2.14. The standard InChI is InChI=1S/C13H10Cl3NO2S/c1-8-5-6-12(11(16)7-8)20(18,19)17-13-9(14)3-2-4-10(13)15/h2-7,17H,1H3. The fourth-order valence-electron chi connectivity index (χ4n) is 1.61. The smallest absolute Gasteiger partial charge is 0.263 e. The number of benzene rings is 2. The second-order valence-corrected chi connectivity index (χ2v) is 7.01. The summed E-state index contributed by atoms with van der Waals surface area (Å²) in [4.78, 5) is -0.0271. The van der Waals surface area contributed by atoms with Crippen molar-refractivity contribution in [2.75, 3.05) is 4.72 Å². The van der Waals surface area contributed by atoms with Crippen molar-refractivity contribution in [1.82, 2.24) is 0 Å². The highest BCUT2D eigenvalue weighted by molar-refractivity contribution is 7.92. The van der Waals surface area contributed by atoms with Crippen molar-refractivity contribution in [3.05, 3.63) is 57.0 Å². The number of nitrogens with one attached hydrogen (secondary N) is 1. The van der Waals surface area contributed by atoms with E-state index in [1.165, 1.54) is 6.07 Å². The van der Waals surface area contributed by atoms with Crippen LogP contribution in [0.5, 0.6) is 0 Å². The molecule has 2 aromatic carbocycles. The maximum absolute atomic E-state index is 12.3. The number of anilines is 1. The molecule has 20 heavy (non-hydrogen) atoms. The first-order chi connectivity index (χ1) is 9.31. The molecule has 0 fully saturated rings. The van der Waals surface area contributed by atoms with Crippen molar-refractivity contribution in [3.63, 3.8) is 0 Å². The summed E-state index contributed by atoms with van der Waals surface area (Å²) in [5.74, 6) is 0. The zero-order valence-corrected chi connectivity index (χ0v) is 13.4. The molecule has 0 aliphatic carbocycles. The Balaban J connectivity index is 2.46. The molecule has 0 spiro atoms. The van der Waals surface area contributed by atoms with Crippen molar-refractivity contribution >= 4 is 50.5 Å². The van der Waals surface area contributed by atoms with E-state index >= 15 is 0 Å². The van der Waals surface area contributed by atoms with Gasteiger partial charge in [-0.15, -0.1) is 0 Å². The first kappa shape index (κ1) is 15.4. The summed E-state index contributed by atoms with van der Waals surface area (Å²) in [6.45, 7) is 1.82. The predicted molar refractivity (Wildman–Crippen MR) is 83.5 cm³/mol. The molecule has 0 heterocycles. The van der Waals surface area contributed by atoms with Crippen LogP contribution in [0.1, 0.15) is 5.56 Å². The number of halogens is 3. The Bertz CT molecular complexity index is 740. The third-order valence-electron chi connectivity index (χ3n) is 2.58. The SMILES string of the molecule is Cc1ccc(S(=O)(=O)Nc2c(Cl)cccc2Cl)c(Cl)c1. The highest BCUT2D eigenvalue weighted by atomic mass is 35.5. The summed E-state index contributed by atoms with van der Waals surface area (Å²) in [5, 5.41) is 0.564. The summed E-state index contributed by atoms with van der Waals surface area (Å²) >= 11 is 17.9. The van der Waals surface area contributed by atoms with Gasteiger partial charge < -0.3 is 0 Å². The third-order valence-corrected chi connectivity index (χ3v) is 5.04. The van der Waals surface area contributed by atoms with Gasteiger partial charge in [0.25, 0.3) is 10.0 Å². The molecule has 0 atom stereocenters. The molecule has 0 aliphatic rings. The van der Waals surface area contributed by atoms with E-state index in [4.69, 9.17) is 34.8 Å². The van der Waals surface area contributed by atoms with Crippen molar-refractivity contribution in [1.29, 1.82) is 0 Å². The van der Waals surface area contributed by atoms with Crippen LogP contribution in [0.3, 0.4) is 0 Å². The van der Waals surface area contributed by atoms with E-state index in [9.17, 15) is 8.42 Å². The van der Waals surface area contributed by atoms with Crippen LogP contribution in [0.2, 0.25) is 15.1 Å². The van der Waals surface area contributed by atoms with Crippen molar-refractivity contribution in [3.8, 4) is 0 Å². The van der Waals surface area contributed by atoms with Crippen LogP contribution in [0.25, 0.3) is 0 Å². The Morgan fingerprint density at radius 1 is 0.950 bits per heavy atom. The molecule has 1 N–H and O–H groups in total. The monoisotopic (exact) mass is 349 g/mol. The molecule has 0 radical (unpaired) electrons. The Kier molecular flexibility index (Phi) is 4.49. The highest BCUT2D eigenvalue weighted by Crippen LogP contribution is 2.33. The van der Waals surface area contributed by atoms with Crippen molar-refractivity contribution < 1.29 is 8.42 Å². The summed E-state index contributed by atoms with van der Waals surface area (Å²) in [6.07, 6.45) is 0. The van der Waals surface area contributed by atoms with Gasteiger partial charge >= 0.3 is 0 Å². The lowest BCUT2D eigenvalue weighted by atomic mass is 10.2. The van der Waals surface area contributed by atoms with E-state index in [-0.39, 0.29) is 25.7 Å². The maximum Gasteiger partial charge on any atom is 0.263 e. The minimum absolute atomic E-state index is 0.0271. The maximum atomic E-state index is 12.3. The Morgan fingerprint density at radius 3 is 2.10 bits per heavy atom. The van der Waals surface area contributed by atoms with Gasteiger partial charge in [-0.05, 0) is 36.8 Å². The van der Waals surface area contributed by atoms with Gasteiger partial charge in [0.1, 0.15) is 4.90 Å². The summed E-state index contributed by atoms with van der Waals surface area (Å²) in [6, 6.07) is 9.38. The largest absolute Gasteiger partial charge is 0.277 e. The third kappa shape index (κ3) is 3.20. The Morgan fingerprint density at radius 2 is 1.55 bits per heavy atom. The molecule has 0 amide bonds. The summed E-state index contributed by atoms with van der Waals surface area (Å²) in [5.41, 5.74) is 0.997. The zero-order valence-electron chi connectivity index (χ0n) is 10.3. The van der Waals surface area contributed by atoms with Gasteiger partial charge in [0.05, 0.1) is 20.8 Å². The number of aryl methyl sites for hydroxylation is 1. The first-order valence-electron chi connectivity index (χ1n) is 5.54. The number of hydrogen-bond acceptors (Lipinski definition) is 2.